The zero-order valence-electron chi connectivity index (χ0n) is 16.3. The fourth-order valence-corrected chi connectivity index (χ4v) is 3.42. The van der Waals surface area contributed by atoms with E-state index in [9.17, 15) is 15.0 Å². The molecule has 0 bridgehead atoms. The Morgan fingerprint density at radius 2 is 2.10 bits per heavy atom. The van der Waals surface area contributed by atoms with Crippen LogP contribution in [0.25, 0.3) is 22.6 Å². The lowest BCUT2D eigenvalue weighted by Crippen LogP contribution is -2.42. The second-order valence-corrected chi connectivity index (χ2v) is 6.86. The lowest BCUT2D eigenvalue weighted by atomic mass is 10.1. The number of rotatable bonds is 5. The van der Waals surface area contributed by atoms with Gasteiger partial charge < -0.3 is 30.2 Å². The predicted octanol–water partition coefficient (Wildman–Crippen LogP) is -0.371. The second-order valence-electron chi connectivity index (χ2n) is 6.86. The Morgan fingerprint density at radius 3 is 2.76 bits per heavy atom. The Kier molecular flexibility index (Phi) is 4.94. The van der Waals surface area contributed by atoms with Crippen molar-refractivity contribution in [1.29, 1.82) is 0 Å². The van der Waals surface area contributed by atoms with Crippen LogP contribution in [0.15, 0.2) is 24.8 Å². The lowest BCUT2D eigenvalue weighted by molar-refractivity contribution is -0.137. The highest BCUT2D eigenvalue weighted by Gasteiger charge is 2.47. The van der Waals surface area contributed by atoms with Gasteiger partial charge in [-0.3, -0.25) is 9.36 Å². The molecule has 1 aliphatic rings. The number of aromatic nitrogens is 5. The molecule has 4 rings (SSSR count). The average molecular weight is 401 g/mol. The van der Waals surface area contributed by atoms with E-state index >= 15 is 0 Å². The first-order chi connectivity index (χ1) is 13.9. The topological polar surface area (TPSA) is 139 Å². The normalized spacial score (nSPS) is 24.2. The van der Waals surface area contributed by atoms with Crippen molar-refractivity contribution in [2.24, 2.45) is 7.05 Å². The van der Waals surface area contributed by atoms with E-state index in [-0.39, 0.29) is 0 Å². The van der Waals surface area contributed by atoms with Gasteiger partial charge in [-0.1, -0.05) is 0 Å². The summed E-state index contributed by atoms with van der Waals surface area (Å²) in [6.45, 7) is 2.15. The van der Waals surface area contributed by atoms with Crippen LogP contribution < -0.4 is 10.6 Å². The van der Waals surface area contributed by atoms with Crippen LogP contribution in [0, 0.1) is 0 Å². The zero-order chi connectivity index (χ0) is 20.7. The molecule has 0 aromatic carbocycles. The molecule has 0 saturated carbocycles. The van der Waals surface area contributed by atoms with Crippen LogP contribution in [0.3, 0.4) is 0 Å². The number of fused-ring (bicyclic) bond motifs is 1. The fraction of sp³-hybridized carbons (Fsp3) is 0.444. The fourth-order valence-electron chi connectivity index (χ4n) is 3.42. The number of aliphatic hydroxyl groups is 2. The summed E-state index contributed by atoms with van der Waals surface area (Å²) in [7, 11) is 3.63. The molecule has 1 amide bonds. The number of ether oxygens (including phenoxy) is 1. The first-order valence-electron chi connectivity index (χ1n) is 9.28. The maximum atomic E-state index is 12.2. The molecule has 4 heterocycles. The van der Waals surface area contributed by atoms with E-state index in [1.54, 1.807) is 14.0 Å². The molecule has 29 heavy (non-hydrogen) atoms. The van der Waals surface area contributed by atoms with Gasteiger partial charge in [0.1, 0.15) is 12.2 Å². The number of carbonyl (C=O) groups excluding carboxylic acids is 1. The van der Waals surface area contributed by atoms with E-state index in [1.807, 2.05) is 30.1 Å². The van der Waals surface area contributed by atoms with Crippen molar-refractivity contribution in [1.82, 2.24) is 29.4 Å². The summed E-state index contributed by atoms with van der Waals surface area (Å²) >= 11 is 0. The van der Waals surface area contributed by atoms with Crippen LogP contribution in [0.4, 0.5) is 5.82 Å². The molecule has 1 fully saturated rings. The van der Waals surface area contributed by atoms with Crippen LogP contribution in [0.1, 0.15) is 13.2 Å². The van der Waals surface area contributed by atoms with Crippen molar-refractivity contribution < 1.29 is 19.7 Å². The molecule has 3 aromatic rings. The molecule has 154 valence electrons. The van der Waals surface area contributed by atoms with Gasteiger partial charge in [-0.25, -0.2) is 15.0 Å². The predicted molar refractivity (Wildman–Crippen MR) is 104 cm³/mol. The van der Waals surface area contributed by atoms with Gasteiger partial charge in [0.2, 0.25) is 0 Å². The number of nitrogens with one attached hydrogen (secondary N) is 2. The molecule has 3 aromatic heterocycles. The Hall–Kier alpha value is -3.02. The standard InChI is InChI=1S/C18H23N7O4/c1-4-20-17(28)13-11(26)12(27)18(29-13)25-8-21-10-15(19-2)22-14(23-16(10)25)9-5-6-24(3)7-9/h5-8,11-13,18,26-27H,4H2,1-3H3,(H,20,28)(H,19,22,23)/t11?,12?,13-,18?/m1/s1. The number of aliphatic hydroxyl groups excluding tert-OH is 2. The summed E-state index contributed by atoms with van der Waals surface area (Å²) in [4.78, 5) is 25.6. The molecule has 0 spiro atoms. The van der Waals surface area contributed by atoms with Gasteiger partial charge in [0, 0.05) is 38.6 Å². The number of imidazole rings is 1. The Labute approximate surface area is 166 Å². The van der Waals surface area contributed by atoms with Crippen LogP contribution in [-0.4, -0.2) is 72.1 Å². The number of anilines is 1. The molecule has 0 aliphatic carbocycles. The minimum Gasteiger partial charge on any atom is -0.387 e. The van der Waals surface area contributed by atoms with Crippen molar-refractivity contribution in [2.45, 2.75) is 31.5 Å². The summed E-state index contributed by atoms with van der Waals surface area (Å²) < 4.78 is 9.10. The zero-order valence-corrected chi connectivity index (χ0v) is 16.3. The summed E-state index contributed by atoms with van der Waals surface area (Å²) in [5.41, 5.74) is 1.71. The van der Waals surface area contributed by atoms with E-state index in [1.165, 1.54) is 10.9 Å². The Balaban J connectivity index is 1.77. The highest BCUT2D eigenvalue weighted by molar-refractivity contribution is 5.85. The van der Waals surface area contributed by atoms with Crippen LogP contribution in [0.2, 0.25) is 0 Å². The number of likely N-dealkylation sites (N-methyl/N-ethyl adjacent to an activating group) is 1. The highest BCUT2D eigenvalue weighted by Crippen LogP contribution is 2.33. The molecule has 1 saturated heterocycles. The third-order valence-electron chi connectivity index (χ3n) is 4.87. The monoisotopic (exact) mass is 401 g/mol. The van der Waals surface area contributed by atoms with Crippen molar-refractivity contribution in [3.05, 3.63) is 24.8 Å². The van der Waals surface area contributed by atoms with E-state index in [0.29, 0.717) is 29.4 Å². The average Bonchev–Trinajstić information content (AvgIpc) is 3.40. The second kappa shape index (κ2) is 7.43. The number of aryl methyl sites for hydroxylation is 1. The molecule has 4 atom stereocenters. The molecule has 1 aliphatic heterocycles. The number of hydrogen-bond donors (Lipinski definition) is 4. The van der Waals surface area contributed by atoms with E-state index in [2.05, 4.69) is 25.6 Å². The van der Waals surface area contributed by atoms with Crippen molar-refractivity contribution in [3.63, 3.8) is 0 Å². The first kappa shape index (κ1) is 19.3. The Morgan fingerprint density at radius 1 is 1.31 bits per heavy atom. The number of nitrogens with zero attached hydrogens (tertiary/aromatic N) is 5. The Bertz CT molecular complexity index is 1050. The maximum Gasteiger partial charge on any atom is 0.252 e. The van der Waals surface area contributed by atoms with Crippen molar-refractivity contribution in [2.75, 3.05) is 18.9 Å². The summed E-state index contributed by atoms with van der Waals surface area (Å²) in [6.07, 6.45) is 0.317. The van der Waals surface area contributed by atoms with E-state index in [0.717, 1.165) is 5.56 Å². The smallest absolute Gasteiger partial charge is 0.252 e. The van der Waals surface area contributed by atoms with Crippen molar-refractivity contribution in [3.8, 4) is 11.4 Å². The highest BCUT2D eigenvalue weighted by atomic mass is 16.6. The molecular weight excluding hydrogens is 378 g/mol. The lowest BCUT2D eigenvalue weighted by Gasteiger charge is -2.16. The SMILES string of the molecule is CCNC(=O)[C@@H]1OC(n2cnc3c(NC)nc(-c4ccn(C)c4)nc32)C(O)C1O. The summed E-state index contributed by atoms with van der Waals surface area (Å²) in [6, 6.07) is 1.89. The van der Waals surface area contributed by atoms with Gasteiger partial charge in [-0.15, -0.1) is 0 Å². The molecule has 11 heteroatoms. The van der Waals surface area contributed by atoms with Gasteiger partial charge in [0.15, 0.2) is 35.1 Å². The van der Waals surface area contributed by atoms with E-state index in [4.69, 9.17) is 4.74 Å². The van der Waals surface area contributed by atoms with Gasteiger partial charge in [0.05, 0.1) is 6.33 Å². The van der Waals surface area contributed by atoms with Gasteiger partial charge in [-0.05, 0) is 13.0 Å². The molecular formula is C18H23N7O4. The molecule has 3 unspecified atom stereocenters. The van der Waals surface area contributed by atoms with Gasteiger partial charge in [0.25, 0.3) is 5.91 Å². The molecule has 0 radical (unpaired) electrons. The number of hydrogen-bond acceptors (Lipinski definition) is 8. The molecule has 4 N–H and O–H groups in total. The largest absolute Gasteiger partial charge is 0.387 e. The minimum atomic E-state index is -1.37. The molecule has 11 nitrogen and oxygen atoms in total. The van der Waals surface area contributed by atoms with Crippen LogP contribution in [-0.2, 0) is 16.6 Å². The summed E-state index contributed by atoms with van der Waals surface area (Å²) in [5.74, 6) is 0.500. The third-order valence-corrected chi connectivity index (χ3v) is 4.87. The van der Waals surface area contributed by atoms with Crippen LogP contribution >= 0.6 is 0 Å². The number of carbonyl (C=O) groups is 1. The quantitative estimate of drug-likeness (QED) is 0.454. The van der Waals surface area contributed by atoms with Crippen LogP contribution in [0.5, 0.6) is 0 Å². The van der Waals surface area contributed by atoms with E-state index < -0.39 is 30.4 Å². The van der Waals surface area contributed by atoms with Crippen molar-refractivity contribution >= 4 is 22.9 Å². The third kappa shape index (κ3) is 3.22. The number of amides is 1. The summed E-state index contributed by atoms with van der Waals surface area (Å²) in [5, 5.41) is 26.4. The van der Waals surface area contributed by atoms with Gasteiger partial charge in [-0.2, -0.15) is 0 Å². The first-order valence-corrected chi connectivity index (χ1v) is 9.28. The van der Waals surface area contributed by atoms with Gasteiger partial charge >= 0.3 is 0 Å². The minimum absolute atomic E-state index is 0.388. The maximum absolute atomic E-state index is 12.2.